The average molecular weight is 345 g/mol. The first kappa shape index (κ1) is 16.5. The van der Waals surface area contributed by atoms with Crippen LogP contribution in [0.25, 0.3) is 0 Å². The Morgan fingerprint density at radius 3 is 2.44 bits per heavy atom. The van der Waals surface area contributed by atoms with E-state index in [2.05, 4.69) is 4.90 Å². The smallest absolute Gasteiger partial charge is 0.310 e. The Labute approximate surface area is 147 Å². The molecule has 0 N–H and O–H groups in total. The van der Waals surface area contributed by atoms with Crippen LogP contribution in [0.5, 0.6) is 0 Å². The number of carbonyl (C=O) groups is 2. The zero-order chi connectivity index (χ0) is 17.6. The van der Waals surface area contributed by atoms with Gasteiger partial charge in [0.15, 0.2) is 0 Å². The van der Waals surface area contributed by atoms with Gasteiger partial charge in [0.2, 0.25) is 0 Å². The molecule has 25 heavy (non-hydrogen) atoms. The zero-order valence-corrected chi connectivity index (χ0v) is 14.6. The van der Waals surface area contributed by atoms with E-state index >= 15 is 0 Å². The summed E-state index contributed by atoms with van der Waals surface area (Å²) in [6.45, 7) is 5.06. The second-order valence-corrected chi connectivity index (χ2v) is 7.62. The number of nitrogens with zero attached hydrogens (tertiary/aromatic N) is 3. The van der Waals surface area contributed by atoms with Crippen molar-refractivity contribution in [1.29, 1.82) is 0 Å². The molecule has 1 aromatic carbocycles. The zero-order valence-electron chi connectivity index (χ0n) is 14.6. The van der Waals surface area contributed by atoms with E-state index in [4.69, 9.17) is 0 Å². The number of likely N-dealkylation sites (tertiary alicyclic amines) is 1. The molecule has 6 heteroatoms. The first-order valence-electron chi connectivity index (χ1n) is 9.11. The molecule has 0 radical (unpaired) electrons. The number of hydrogen-bond acceptors (Lipinski definition) is 3. The van der Waals surface area contributed by atoms with Gasteiger partial charge >= 0.3 is 6.03 Å². The molecule has 3 heterocycles. The van der Waals surface area contributed by atoms with Crippen LogP contribution in [-0.2, 0) is 11.3 Å². The third-order valence-electron chi connectivity index (χ3n) is 6.00. The van der Waals surface area contributed by atoms with Crippen LogP contribution in [0.15, 0.2) is 24.3 Å². The van der Waals surface area contributed by atoms with Gasteiger partial charge in [-0.15, -0.1) is 0 Å². The number of hydrogen-bond donors (Lipinski definition) is 0. The molecule has 3 fully saturated rings. The second kappa shape index (κ2) is 6.09. The number of amides is 3. The summed E-state index contributed by atoms with van der Waals surface area (Å²) in [6, 6.07) is 6.50. The lowest BCUT2D eigenvalue weighted by Crippen LogP contribution is -2.48. The summed E-state index contributed by atoms with van der Waals surface area (Å²) >= 11 is 0. The average Bonchev–Trinajstić information content (AvgIpc) is 3.08. The molecule has 4 rings (SSSR count). The molecule has 1 unspecified atom stereocenters. The van der Waals surface area contributed by atoms with Gasteiger partial charge in [0, 0.05) is 32.2 Å². The number of carbonyl (C=O) groups excluding carboxylic acids is 2. The molecule has 0 aromatic heterocycles. The van der Waals surface area contributed by atoms with Gasteiger partial charge in [0.25, 0.3) is 5.91 Å². The van der Waals surface area contributed by atoms with Gasteiger partial charge in [-0.25, -0.2) is 9.18 Å². The van der Waals surface area contributed by atoms with Crippen LogP contribution in [0.3, 0.4) is 0 Å². The lowest BCUT2D eigenvalue weighted by molar-refractivity contribution is -0.134. The van der Waals surface area contributed by atoms with Crippen LogP contribution < -0.4 is 0 Å². The summed E-state index contributed by atoms with van der Waals surface area (Å²) in [4.78, 5) is 31.1. The number of piperidine rings is 1. The fourth-order valence-corrected chi connectivity index (χ4v) is 4.47. The molecule has 0 saturated carbocycles. The summed E-state index contributed by atoms with van der Waals surface area (Å²) in [5, 5.41) is 0. The molecule has 1 atom stereocenters. The van der Waals surface area contributed by atoms with Crippen molar-refractivity contribution in [3.05, 3.63) is 35.6 Å². The normalized spacial score (nSPS) is 28.1. The SMILES string of the molecule is CC12CCCN1C(=O)N(C1CCN(Cc3ccc(F)cc3)CC1)C2=O. The molecule has 3 saturated heterocycles. The quantitative estimate of drug-likeness (QED) is 0.791. The third kappa shape index (κ3) is 2.72. The monoisotopic (exact) mass is 345 g/mol. The highest BCUT2D eigenvalue weighted by Gasteiger charge is 2.57. The third-order valence-corrected chi connectivity index (χ3v) is 6.00. The summed E-state index contributed by atoms with van der Waals surface area (Å²) in [7, 11) is 0. The molecular weight excluding hydrogens is 321 g/mol. The first-order chi connectivity index (χ1) is 12.0. The fourth-order valence-electron chi connectivity index (χ4n) is 4.47. The van der Waals surface area contributed by atoms with E-state index in [0.29, 0.717) is 6.54 Å². The molecule has 1 aromatic rings. The predicted molar refractivity (Wildman–Crippen MR) is 91.3 cm³/mol. The van der Waals surface area contributed by atoms with Gasteiger partial charge in [0.05, 0.1) is 0 Å². The van der Waals surface area contributed by atoms with Crippen molar-refractivity contribution in [2.45, 2.75) is 50.7 Å². The predicted octanol–water partition coefficient (Wildman–Crippen LogP) is 2.61. The van der Waals surface area contributed by atoms with Crippen LogP contribution >= 0.6 is 0 Å². The van der Waals surface area contributed by atoms with E-state index in [-0.39, 0.29) is 23.8 Å². The minimum atomic E-state index is -0.609. The highest BCUT2D eigenvalue weighted by Crippen LogP contribution is 2.39. The lowest BCUT2D eigenvalue weighted by Gasteiger charge is -2.35. The summed E-state index contributed by atoms with van der Waals surface area (Å²) in [5.41, 5.74) is 0.476. The molecule has 134 valence electrons. The molecule has 0 bridgehead atoms. The number of halogens is 1. The Balaban J connectivity index is 1.38. The Morgan fingerprint density at radius 1 is 1.12 bits per heavy atom. The maximum Gasteiger partial charge on any atom is 0.327 e. The minimum Gasteiger partial charge on any atom is -0.310 e. The molecule has 5 nitrogen and oxygen atoms in total. The van der Waals surface area contributed by atoms with E-state index in [1.165, 1.54) is 17.0 Å². The molecule has 0 aliphatic carbocycles. The number of urea groups is 1. The first-order valence-corrected chi connectivity index (χ1v) is 9.11. The number of imide groups is 1. The van der Waals surface area contributed by atoms with Gasteiger partial charge < -0.3 is 4.90 Å². The minimum absolute atomic E-state index is 0.00638. The van der Waals surface area contributed by atoms with Crippen LogP contribution in [0.4, 0.5) is 9.18 Å². The molecule has 3 amide bonds. The topological polar surface area (TPSA) is 43.9 Å². The maximum atomic E-state index is 13.0. The Kier molecular flexibility index (Phi) is 4.02. The van der Waals surface area contributed by atoms with E-state index in [1.807, 2.05) is 19.1 Å². The standard InChI is InChI=1S/C19H24FN3O2/c1-19-9-2-10-22(19)18(25)23(17(19)24)16-7-11-21(12-8-16)13-14-3-5-15(20)6-4-14/h3-6,16H,2,7-13H2,1H3. The van der Waals surface area contributed by atoms with Crippen molar-refractivity contribution < 1.29 is 14.0 Å². The summed E-state index contributed by atoms with van der Waals surface area (Å²) in [5.74, 6) is -0.227. The van der Waals surface area contributed by atoms with Gasteiger partial charge in [0.1, 0.15) is 11.4 Å². The van der Waals surface area contributed by atoms with Crippen molar-refractivity contribution in [3.63, 3.8) is 0 Å². The van der Waals surface area contributed by atoms with Crippen molar-refractivity contribution in [2.75, 3.05) is 19.6 Å². The summed E-state index contributed by atoms with van der Waals surface area (Å²) < 4.78 is 13.0. The highest BCUT2D eigenvalue weighted by atomic mass is 19.1. The summed E-state index contributed by atoms with van der Waals surface area (Å²) in [6.07, 6.45) is 3.31. The molecule has 3 aliphatic rings. The van der Waals surface area contributed by atoms with Crippen molar-refractivity contribution in [1.82, 2.24) is 14.7 Å². The van der Waals surface area contributed by atoms with Crippen molar-refractivity contribution >= 4 is 11.9 Å². The Bertz CT molecular complexity index is 684. The highest BCUT2D eigenvalue weighted by molar-refractivity contribution is 6.07. The lowest BCUT2D eigenvalue weighted by atomic mass is 9.97. The van der Waals surface area contributed by atoms with Gasteiger partial charge in [-0.3, -0.25) is 14.6 Å². The van der Waals surface area contributed by atoms with Crippen molar-refractivity contribution in [3.8, 4) is 0 Å². The fraction of sp³-hybridized carbons (Fsp3) is 0.579. The Morgan fingerprint density at radius 2 is 1.80 bits per heavy atom. The number of rotatable bonds is 3. The van der Waals surface area contributed by atoms with E-state index in [1.54, 1.807) is 4.90 Å². The Hall–Kier alpha value is -1.95. The van der Waals surface area contributed by atoms with Crippen LogP contribution in [0, 0.1) is 5.82 Å². The van der Waals surface area contributed by atoms with Crippen LogP contribution in [0.1, 0.15) is 38.2 Å². The van der Waals surface area contributed by atoms with Gasteiger partial charge in [-0.05, 0) is 50.3 Å². The van der Waals surface area contributed by atoms with E-state index in [9.17, 15) is 14.0 Å². The maximum absolute atomic E-state index is 13.0. The number of benzene rings is 1. The van der Waals surface area contributed by atoms with Gasteiger partial charge in [-0.1, -0.05) is 12.1 Å². The molecular formula is C19H24FN3O2. The van der Waals surface area contributed by atoms with Crippen molar-refractivity contribution in [2.24, 2.45) is 0 Å². The van der Waals surface area contributed by atoms with Crippen LogP contribution in [-0.4, -0.2) is 57.9 Å². The molecule has 3 aliphatic heterocycles. The van der Waals surface area contributed by atoms with Crippen LogP contribution in [0.2, 0.25) is 0 Å². The van der Waals surface area contributed by atoms with Gasteiger partial charge in [-0.2, -0.15) is 0 Å². The van der Waals surface area contributed by atoms with E-state index in [0.717, 1.165) is 50.9 Å². The molecule has 0 spiro atoms. The van der Waals surface area contributed by atoms with E-state index < -0.39 is 5.54 Å². The number of fused-ring (bicyclic) bond motifs is 1. The second-order valence-electron chi connectivity index (χ2n) is 7.62. The largest absolute Gasteiger partial charge is 0.327 e.